The molecule has 0 aliphatic heterocycles. The number of aliphatic hydroxyl groups is 1. The molecule has 0 saturated carbocycles. The van der Waals surface area contributed by atoms with Crippen molar-refractivity contribution in [2.75, 3.05) is 0 Å². The topological polar surface area (TPSA) is 59.4 Å². The number of aliphatic hydroxyl groups excluding tert-OH is 1. The van der Waals surface area contributed by atoms with Gasteiger partial charge in [-0.25, -0.2) is 0 Å². The van der Waals surface area contributed by atoms with Gasteiger partial charge in [0.1, 0.15) is 11.9 Å². The van der Waals surface area contributed by atoms with Crippen molar-refractivity contribution < 1.29 is 9.52 Å². The van der Waals surface area contributed by atoms with Gasteiger partial charge in [-0.1, -0.05) is 0 Å². The van der Waals surface area contributed by atoms with Crippen LogP contribution in [0.1, 0.15) is 21.6 Å². The summed E-state index contributed by atoms with van der Waals surface area (Å²) >= 11 is 1.50. The van der Waals surface area contributed by atoms with E-state index in [1.807, 2.05) is 12.1 Å². The van der Waals surface area contributed by atoms with Gasteiger partial charge in [-0.2, -0.15) is 0 Å². The second-order valence-electron chi connectivity index (χ2n) is 2.93. The maximum atomic E-state index is 9.87. The van der Waals surface area contributed by atoms with E-state index in [2.05, 4.69) is 0 Å². The zero-order chi connectivity index (χ0) is 9.97. The quantitative estimate of drug-likeness (QED) is 0.811. The highest BCUT2D eigenvalue weighted by atomic mass is 32.1. The van der Waals surface area contributed by atoms with E-state index < -0.39 is 6.10 Å². The fourth-order valence-corrected chi connectivity index (χ4v) is 2.12. The summed E-state index contributed by atoms with van der Waals surface area (Å²) in [5.41, 5.74) is 5.49. The Bertz CT molecular complexity index is 394. The van der Waals surface area contributed by atoms with Crippen molar-refractivity contribution >= 4 is 11.3 Å². The van der Waals surface area contributed by atoms with E-state index in [0.717, 1.165) is 9.75 Å². The summed E-state index contributed by atoms with van der Waals surface area (Å²) in [6.45, 7) is 0.509. The molecule has 0 amide bonds. The minimum atomic E-state index is -0.671. The van der Waals surface area contributed by atoms with E-state index in [1.165, 1.54) is 11.3 Å². The number of furan rings is 1. The van der Waals surface area contributed by atoms with Gasteiger partial charge in [-0.15, -0.1) is 11.3 Å². The average Bonchev–Trinajstić information content (AvgIpc) is 2.88. The van der Waals surface area contributed by atoms with E-state index in [-0.39, 0.29) is 0 Å². The van der Waals surface area contributed by atoms with Crippen molar-refractivity contribution in [3.8, 4) is 0 Å². The largest absolute Gasteiger partial charge is 0.466 e. The number of thiophene rings is 1. The predicted molar refractivity (Wildman–Crippen MR) is 55.0 cm³/mol. The molecule has 0 aliphatic carbocycles. The average molecular weight is 209 g/mol. The van der Waals surface area contributed by atoms with Gasteiger partial charge in [-0.05, 0) is 24.3 Å². The highest BCUT2D eigenvalue weighted by Gasteiger charge is 2.14. The lowest BCUT2D eigenvalue weighted by molar-refractivity contribution is 0.193. The normalized spacial score (nSPS) is 13.0. The fraction of sp³-hybridized carbons (Fsp3) is 0.200. The first-order chi connectivity index (χ1) is 6.81. The molecule has 1 atom stereocenters. The first-order valence-corrected chi connectivity index (χ1v) is 5.13. The van der Waals surface area contributed by atoms with Gasteiger partial charge in [0.05, 0.1) is 6.26 Å². The molecule has 0 aromatic carbocycles. The zero-order valence-electron chi connectivity index (χ0n) is 7.51. The van der Waals surface area contributed by atoms with E-state index >= 15 is 0 Å². The van der Waals surface area contributed by atoms with Crippen LogP contribution in [0.5, 0.6) is 0 Å². The van der Waals surface area contributed by atoms with Crippen LogP contribution < -0.4 is 5.73 Å². The van der Waals surface area contributed by atoms with Crippen LogP contribution in [-0.2, 0) is 6.54 Å². The number of rotatable bonds is 3. The molecule has 4 heteroatoms. The minimum Gasteiger partial charge on any atom is -0.466 e. The summed E-state index contributed by atoms with van der Waals surface area (Å²) < 4.78 is 5.12. The van der Waals surface area contributed by atoms with Crippen LogP contribution in [0.3, 0.4) is 0 Å². The molecular formula is C10H11NO2S. The third-order valence-electron chi connectivity index (χ3n) is 1.97. The summed E-state index contributed by atoms with van der Waals surface area (Å²) in [6.07, 6.45) is 0.881. The van der Waals surface area contributed by atoms with Crippen LogP contribution in [0, 0.1) is 0 Å². The van der Waals surface area contributed by atoms with Crippen LogP contribution in [0.2, 0.25) is 0 Å². The molecule has 14 heavy (non-hydrogen) atoms. The first kappa shape index (κ1) is 9.45. The van der Waals surface area contributed by atoms with Crippen molar-refractivity contribution in [3.05, 3.63) is 46.0 Å². The molecule has 0 bridgehead atoms. The number of nitrogens with two attached hydrogens (primary N) is 1. The predicted octanol–water partition coefficient (Wildman–Crippen LogP) is 1.88. The smallest absolute Gasteiger partial charge is 0.146 e. The molecule has 74 valence electrons. The summed E-state index contributed by atoms with van der Waals surface area (Å²) in [7, 11) is 0. The lowest BCUT2D eigenvalue weighted by atomic mass is 10.2. The second kappa shape index (κ2) is 3.96. The Kier molecular flexibility index (Phi) is 2.67. The van der Waals surface area contributed by atoms with E-state index in [4.69, 9.17) is 10.2 Å². The Labute approximate surface area is 85.8 Å². The Hall–Kier alpha value is -1.10. The molecule has 0 saturated heterocycles. The lowest BCUT2D eigenvalue weighted by Gasteiger charge is -2.03. The van der Waals surface area contributed by atoms with Crippen LogP contribution in [0.15, 0.2) is 34.9 Å². The van der Waals surface area contributed by atoms with E-state index in [9.17, 15) is 5.11 Å². The van der Waals surface area contributed by atoms with E-state index in [0.29, 0.717) is 12.3 Å². The third-order valence-corrected chi connectivity index (χ3v) is 3.13. The minimum absolute atomic E-state index is 0.509. The van der Waals surface area contributed by atoms with E-state index in [1.54, 1.807) is 18.4 Å². The Morgan fingerprint density at radius 2 is 2.29 bits per heavy atom. The molecule has 0 unspecified atom stereocenters. The summed E-state index contributed by atoms with van der Waals surface area (Å²) in [5.74, 6) is 0.565. The molecule has 0 spiro atoms. The molecule has 2 aromatic rings. The Balaban J connectivity index is 2.23. The van der Waals surface area contributed by atoms with Crippen molar-refractivity contribution in [1.29, 1.82) is 0 Å². The van der Waals surface area contributed by atoms with Crippen LogP contribution in [0.4, 0.5) is 0 Å². The van der Waals surface area contributed by atoms with Crippen molar-refractivity contribution in [2.24, 2.45) is 5.73 Å². The molecule has 2 rings (SSSR count). The molecular weight excluding hydrogens is 198 g/mol. The molecule has 3 N–H and O–H groups in total. The van der Waals surface area contributed by atoms with Crippen LogP contribution in [0.25, 0.3) is 0 Å². The third kappa shape index (κ3) is 1.72. The summed E-state index contributed by atoms with van der Waals surface area (Å²) in [6, 6.07) is 7.31. The van der Waals surface area contributed by atoms with Crippen LogP contribution in [-0.4, -0.2) is 5.11 Å². The molecule has 3 nitrogen and oxygen atoms in total. The number of hydrogen-bond donors (Lipinski definition) is 2. The van der Waals surface area contributed by atoms with Crippen molar-refractivity contribution in [2.45, 2.75) is 12.6 Å². The fourth-order valence-electron chi connectivity index (χ4n) is 1.24. The van der Waals surface area contributed by atoms with Gasteiger partial charge >= 0.3 is 0 Å². The van der Waals surface area contributed by atoms with Gasteiger partial charge in [0.2, 0.25) is 0 Å². The molecule has 0 aliphatic rings. The molecule has 0 fully saturated rings. The van der Waals surface area contributed by atoms with Gasteiger partial charge < -0.3 is 15.3 Å². The van der Waals surface area contributed by atoms with Crippen molar-refractivity contribution in [1.82, 2.24) is 0 Å². The number of hydrogen-bond acceptors (Lipinski definition) is 4. The molecule has 0 radical (unpaired) electrons. The maximum Gasteiger partial charge on any atom is 0.146 e. The lowest BCUT2D eigenvalue weighted by Crippen LogP contribution is -1.94. The van der Waals surface area contributed by atoms with Crippen LogP contribution >= 0.6 is 11.3 Å². The second-order valence-corrected chi connectivity index (χ2v) is 4.13. The van der Waals surface area contributed by atoms with Gasteiger partial charge in [0.25, 0.3) is 0 Å². The van der Waals surface area contributed by atoms with Gasteiger partial charge in [-0.3, -0.25) is 0 Å². The summed E-state index contributed by atoms with van der Waals surface area (Å²) in [5, 5.41) is 9.87. The standard InChI is InChI=1S/C10H11NO2S/c11-6-7-3-4-9(14-7)10(12)8-2-1-5-13-8/h1-5,10,12H,6,11H2/t10-/m0/s1. The first-order valence-electron chi connectivity index (χ1n) is 4.31. The molecule has 2 aromatic heterocycles. The Morgan fingerprint density at radius 1 is 1.43 bits per heavy atom. The highest BCUT2D eigenvalue weighted by molar-refractivity contribution is 7.12. The maximum absolute atomic E-state index is 9.87. The van der Waals surface area contributed by atoms with Gasteiger partial charge in [0, 0.05) is 16.3 Å². The Morgan fingerprint density at radius 3 is 2.86 bits per heavy atom. The molecule has 2 heterocycles. The van der Waals surface area contributed by atoms with Gasteiger partial charge in [0.15, 0.2) is 0 Å². The SMILES string of the molecule is NCc1ccc([C@@H](O)c2ccco2)s1. The summed E-state index contributed by atoms with van der Waals surface area (Å²) in [4.78, 5) is 1.92. The van der Waals surface area contributed by atoms with Crippen molar-refractivity contribution in [3.63, 3.8) is 0 Å². The zero-order valence-corrected chi connectivity index (χ0v) is 8.33. The monoisotopic (exact) mass is 209 g/mol. The highest BCUT2D eigenvalue weighted by Crippen LogP contribution is 2.28.